The lowest BCUT2D eigenvalue weighted by atomic mass is 10.1. The number of thioether (sulfide) groups is 1. The van der Waals surface area contributed by atoms with E-state index in [4.69, 9.17) is 4.74 Å². The van der Waals surface area contributed by atoms with Crippen molar-refractivity contribution in [3.8, 4) is 5.75 Å². The normalized spacial score (nSPS) is 14.6. The van der Waals surface area contributed by atoms with Crippen molar-refractivity contribution in [3.63, 3.8) is 0 Å². The summed E-state index contributed by atoms with van der Waals surface area (Å²) >= 11 is 1.42. The second kappa shape index (κ2) is 8.61. The fourth-order valence-corrected chi connectivity index (χ4v) is 3.93. The van der Waals surface area contributed by atoms with Crippen LogP contribution in [0.15, 0.2) is 53.6 Å². The molecule has 0 spiro atoms. The van der Waals surface area contributed by atoms with Crippen LogP contribution in [0.25, 0.3) is 5.57 Å². The Morgan fingerprint density at radius 1 is 1.00 bits per heavy atom. The molecule has 2 heterocycles. The van der Waals surface area contributed by atoms with E-state index < -0.39 is 0 Å². The predicted octanol–water partition coefficient (Wildman–Crippen LogP) is 4.29. The van der Waals surface area contributed by atoms with Gasteiger partial charge in [0.25, 0.3) is 11.8 Å². The minimum atomic E-state index is -0.281. The van der Waals surface area contributed by atoms with E-state index in [0.717, 1.165) is 11.3 Å². The lowest BCUT2D eigenvalue weighted by molar-refractivity contribution is -0.137. The average Bonchev–Trinajstić information content (AvgIpc) is 2.87. The smallest absolute Gasteiger partial charge is 0.268 e. The maximum absolute atomic E-state index is 13.2. The third-order valence-electron chi connectivity index (χ3n) is 4.04. The van der Waals surface area contributed by atoms with Gasteiger partial charge >= 0.3 is 0 Å². The van der Waals surface area contributed by atoms with E-state index in [-0.39, 0.29) is 29.7 Å². The van der Waals surface area contributed by atoms with E-state index in [9.17, 15) is 9.59 Å². The van der Waals surface area contributed by atoms with E-state index in [1.54, 1.807) is 6.20 Å². The fraction of sp³-hybridized carbons (Fsp3) is 0.318. The van der Waals surface area contributed by atoms with E-state index in [2.05, 4.69) is 4.98 Å². The first kappa shape index (κ1) is 20.1. The number of hydrogen-bond donors (Lipinski definition) is 0. The van der Waals surface area contributed by atoms with Gasteiger partial charge in [-0.2, -0.15) is 0 Å². The van der Waals surface area contributed by atoms with E-state index >= 15 is 0 Å². The van der Waals surface area contributed by atoms with Gasteiger partial charge in [-0.25, -0.2) is 0 Å². The lowest BCUT2D eigenvalue weighted by Crippen LogP contribution is -2.31. The van der Waals surface area contributed by atoms with Gasteiger partial charge in [0.15, 0.2) is 0 Å². The van der Waals surface area contributed by atoms with Gasteiger partial charge < -0.3 is 4.74 Å². The van der Waals surface area contributed by atoms with Crippen LogP contribution >= 0.6 is 11.8 Å². The van der Waals surface area contributed by atoms with Gasteiger partial charge in [0.2, 0.25) is 0 Å². The molecule has 2 aromatic rings. The van der Waals surface area contributed by atoms with Crippen molar-refractivity contribution in [1.82, 2.24) is 9.88 Å². The van der Waals surface area contributed by atoms with Gasteiger partial charge in [0.05, 0.1) is 28.8 Å². The molecule has 1 aromatic carbocycles. The Labute approximate surface area is 169 Å². The number of amides is 2. The van der Waals surface area contributed by atoms with Gasteiger partial charge in [-0.05, 0) is 43.7 Å². The van der Waals surface area contributed by atoms with Crippen molar-refractivity contribution < 1.29 is 14.3 Å². The molecule has 1 aliphatic rings. The monoisotopic (exact) mass is 396 g/mol. The van der Waals surface area contributed by atoms with Crippen molar-refractivity contribution in [2.75, 3.05) is 0 Å². The SMILES string of the molecule is CC(C)Oc1ccc(C2=C(SC(C)C)C(=O)N(Cc3ccccn3)C2=O)cc1. The summed E-state index contributed by atoms with van der Waals surface area (Å²) in [5.41, 5.74) is 1.86. The predicted molar refractivity (Wildman–Crippen MR) is 112 cm³/mol. The number of pyridine rings is 1. The summed E-state index contributed by atoms with van der Waals surface area (Å²) in [6.07, 6.45) is 1.73. The Kier molecular flexibility index (Phi) is 6.19. The maximum Gasteiger partial charge on any atom is 0.268 e. The van der Waals surface area contributed by atoms with Crippen LogP contribution in [0.1, 0.15) is 39.0 Å². The molecule has 28 heavy (non-hydrogen) atoms. The van der Waals surface area contributed by atoms with Crippen LogP contribution in [0.4, 0.5) is 0 Å². The zero-order chi connectivity index (χ0) is 20.3. The van der Waals surface area contributed by atoms with Crippen molar-refractivity contribution in [2.45, 2.75) is 45.6 Å². The fourth-order valence-electron chi connectivity index (χ4n) is 2.92. The second-order valence-electron chi connectivity index (χ2n) is 7.08. The minimum Gasteiger partial charge on any atom is -0.491 e. The van der Waals surface area contributed by atoms with Crippen molar-refractivity contribution in [1.29, 1.82) is 0 Å². The Morgan fingerprint density at radius 3 is 2.29 bits per heavy atom. The zero-order valence-corrected chi connectivity index (χ0v) is 17.3. The number of nitrogens with zero attached hydrogens (tertiary/aromatic N) is 2. The number of rotatable bonds is 7. The molecule has 0 saturated heterocycles. The Morgan fingerprint density at radius 2 is 1.71 bits per heavy atom. The first-order valence-electron chi connectivity index (χ1n) is 9.31. The summed E-state index contributed by atoms with van der Waals surface area (Å²) in [5, 5.41) is 0.181. The Bertz CT molecular complexity index is 890. The summed E-state index contributed by atoms with van der Waals surface area (Å²) in [5.74, 6) is 0.197. The molecule has 3 rings (SSSR count). The van der Waals surface area contributed by atoms with Crippen LogP contribution < -0.4 is 4.74 Å². The first-order valence-corrected chi connectivity index (χ1v) is 10.2. The minimum absolute atomic E-state index is 0.0701. The lowest BCUT2D eigenvalue weighted by Gasteiger charge is -2.15. The molecule has 0 fully saturated rings. The molecule has 0 bridgehead atoms. The molecule has 0 atom stereocenters. The van der Waals surface area contributed by atoms with E-state index in [1.807, 2.05) is 70.2 Å². The standard InChI is InChI=1S/C22H24N2O3S/c1-14(2)27-18-10-8-16(9-11-18)19-20(28-15(3)4)22(26)24(21(19)25)13-17-7-5-6-12-23-17/h5-12,14-15H,13H2,1-4H3. The summed E-state index contributed by atoms with van der Waals surface area (Å²) < 4.78 is 5.68. The van der Waals surface area contributed by atoms with Crippen LogP contribution in [-0.2, 0) is 16.1 Å². The molecule has 1 aliphatic heterocycles. The first-order chi connectivity index (χ1) is 13.4. The van der Waals surface area contributed by atoms with E-state index in [1.165, 1.54) is 16.7 Å². The number of carbonyl (C=O) groups excluding carboxylic acids is 2. The molecule has 6 heteroatoms. The number of imide groups is 1. The molecule has 0 radical (unpaired) electrons. The van der Waals surface area contributed by atoms with Gasteiger partial charge in [-0.1, -0.05) is 32.0 Å². The molecule has 2 amide bonds. The van der Waals surface area contributed by atoms with Gasteiger partial charge in [-0.3, -0.25) is 19.5 Å². The third kappa shape index (κ3) is 4.44. The number of hydrogen-bond acceptors (Lipinski definition) is 5. The molecule has 1 aromatic heterocycles. The van der Waals surface area contributed by atoms with Crippen LogP contribution in [0, 0.1) is 0 Å². The maximum atomic E-state index is 13.2. The highest BCUT2D eigenvalue weighted by atomic mass is 32.2. The molecular formula is C22H24N2O3S. The van der Waals surface area contributed by atoms with Crippen molar-refractivity contribution >= 4 is 29.1 Å². The molecule has 0 N–H and O–H groups in total. The number of benzene rings is 1. The largest absolute Gasteiger partial charge is 0.491 e. The van der Waals surface area contributed by atoms with Gasteiger partial charge in [-0.15, -0.1) is 11.8 Å². The average molecular weight is 397 g/mol. The zero-order valence-electron chi connectivity index (χ0n) is 16.5. The summed E-state index contributed by atoms with van der Waals surface area (Å²) in [4.78, 5) is 32.2. The van der Waals surface area contributed by atoms with Crippen LogP contribution in [0.3, 0.4) is 0 Å². The summed E-state index contributed by atoms with van der Waals surface area (Å²) in [6.45, 7) is 8.10. The summed E-state index contributed by atoms with van der Waals surface area (Å²) in [6, 6.07) is 12.8. The Hall–Kier alpha value is -2.60. The number of carbonyl (C=O) groups is 2. The molecular weight excluding hydrogens is 372 g/mol. The number of ether oxygens (including phenoxy) is 1. The van der Waals surface area contributed by atoms with Crippen molar-refractivity contribution in [3.05, 3.63) is 64.8 Å². The summed E-state index contributed by atoms with van der Waals surface area (Å²) in [7, 11) is 0. The molecule has 0 saturated carbocycles. The number of aromatic nitrogens is 1. The second-order valence-corrected chi connectivity index (χ2v) is 8.67. The van der Waals surface area contributed by atoms with Gasteiger partial charge in [0.1, 0.15) is 5.75 Å². The quantitative estimate of drug-likeness (QED) is 0.654. The van der Waals surface area contributed by atoms with E-state index in [0.29, 0.717) is 16.2 Å². The highest BCUT2D eigenvalue weighted by Gasteiger charge is 2.39. The third-order valence-corrected chi connectivity index (χ3v) is 5.13. The van der Waals surface area contributed by atoms with Crippen molar-refractivity contribution in [2.24, 2.45) is 0 Å². The van der Waals surface area contributed by atoms with Gasteiger partial charge in [0, 0.05) is 11.4 Å². The van der Waals surface area contributed by atoms with Crippen LogP contribution in [0.5, 0.6) is 5.75 Å². The van der Waals surface area contributed by atoms with Crippen LogP contribution in [0.2, 0.25) is 0 Å². The van der Waals surface area contributed by atoms with Crippen LogP contribution in [-0.4, -0.2) is 33.1 Å². The molecule has 5 nitrogen and oxygen atoms in total. The Balaban J connectivity index is 1.94. The molecule has 0 unspecified atom stereocenters. The highest BCUT2D eigenvalue weighted by molar-refractivity contribution is 8.04. The molecule has 0 aliphatic carbocycles. The topological polar surface area (TPSA) is 59.5 Å². The molecule has 146 valence electrons. The highest BCUT2D eigenvalue weighted by Crippen LogP contribution is 2.38.